The zero-order valence-electron chi connectivity index (χ0n) is 30.8. The first-order valence-electron chi connectivity index (χ1n) is 17.6. The smallest absolute Gasteiger partial charge is 0.545 e. The first-order chi connectivity index (χ1) is 24.9. The van der Waals surface area contributed by atoms with E-state index >= 15 is 0 Å². The molecule has 0 aliphatic heterocycles. The van der Waals surface area contributed by atoms with Gasteiger partial charge in [0.15, 0.2) is 23.0 Å². The van der Waals surface area contributed by atoms with Gasteiger partial charge in [-0.1, -0.05) is 101 Å². The Morgan fingerprint density at radius 2 is 0.887 bits per heavy atom. The van der Waals surface area contributed by atoms with Crippen molar-refractivity contribution in [1.29, 1.82) is 0 Å². The molecule has 0 spiro atoms. The van der Waals surface area contributed by atoms with Gasteiger partial charge < -0.3 is 40.2 Å². The molecule has 4 N–H and O–H groups in total. The number of carboxylic acids is 2. The maximum atomic E-state index is 10.4. The van der Waals surface area contributed by atoms with Crippen molar-refractivity contribution in [1.82, 2.24) is 0 Å². The van der Waals surface area contributed by atoms with E-state index in [1.807, 2.05) is 12.1 Å². The van der Waals surface area contributed by atoms with Gasteiger partial charge in [-0.25, -0.2) is 0 Å². The van der Waals surface area contributed by atoms with Crippen LogP contribution in [-0.4, -0.2) is 43.8 Å². The monoisotopic (exact) mass is 816 g/mol. The number of phenolic OH excluding ortho intramolecular Hbond substituents is 2. The zero-order chi connectivity index (χ0) is 38.5. The number of carboxylic acid groups (broad SMARTS) is 2. The summed E-state index contributed by atoms with van der Waals surface area (Å²) in [7, 11) is 0. The molecular formula is C42H50N2O8Pd. The Bertz CT molecular complexity index is 1710. The van der Waals surface area contributed by atoms with E-state index in [9.17, 15) is 19.8 Å². The molecule has 0 saturated heterocycles. The first kappa shape index (κ1) is 46.0. The Hall–Kier alpha value is -4.98. The van der Waals surface area contributed by atoms with Crippen molar-refractivity contribution in [3.8, 4) is 23.0 Å². The molecule has 53 heavy (non-hydrogen) atoms. The van der Waals surface area contributed by atoms with Gasteiger partial charge in [0.2, 0.25) is 0 Å². The number of aryl methyl sites for hydroxylation is 2. The molecule has 286 valence electrons. The summed E-state index contributed by atoms with van der Waals surface area (Å²) in [6.07, 6.45) is 12.1. The van der Waals surface area contributed by atoms with E-state index in [-0.39, 0.29) is 31.5 Å². The summed E-state index contributed by atoms with van der Waals surface area (Å²) in [5.41, 5.74) is 4.35. The third-order valence-electron chi connectivity index (χ3n) is 8.05. The van der Waals surface area contributed by atoms with E-state index in [1.54, 1.807) is 0 Å². The van der Waals surface area contributed by atoms with Crippen molar-refractivity contribution in [3.63, 3.8) is 0 Å². The summed E-state index contributed by atoms with van der Waals surface area (Å²) >= 11 is 0. The number of carbonyl (C=O) groups excluding carboxylic acids is 2. The summed E-state index contributed by atoms with van der Waals surface area (Å²) in [5.74, 6) is -5.20. The predicted molar refractivity (Wildman–Crippen MR) is 202 cm³/mol. The molecule has 0 heterocycles. The second-order valence-corrected chi connectivity index (χ2v) is 12.2. The second-order valence-electron chi connectivity index (χ2n) is 12.2. The summed E-state index contributed by atoms with van der Waals surface area (Å²) < 4.78 is 0. The number of rotatable bonds is 15. The number of para-hydroxylation sites is 2. The van der Waals surface area contributed by atoms with E-state index in [0.717, 1.165) is 36.3 Å². The fourth-order valence-electron chi connectivity index (χ4n) is 5.14. The van der Waals surface area contributed by atoms with Gasteiger partial charge in [-0.15, -0.1) is 0 Å². The maximum absolute atomic E-state index is 10.4. The van der Waals surface area contributed by atoms with E-state index in [2.05, 4.69) is 62.4 Å². The number of aromatic hydroxyl groups is 4. The molecule has 4 aromatic rings. The molecule has 4 aromatic carbocycles. The Morgan fingerprint density at radius 3 is 1.25 bits per heavy atom. The molecule has 0 radical (unpaired) electrons. The second kappa shape index (κ2) is 25.1. The standard InChI is InChI=1S/C26H36N2.2C8H8O4.Pd/c1-3-5-7-8-9-16-22-26(28-24-19-14-11-15-20-24)25(21-6-4-2)27-23-17-12-10-13-18-23;2*1-4-2-3-5(9)7(10)6(4)8(11)12;/h10-15,17-20H,3-9,16,21-22H2,1-2H3;2*2-3,9-10H,1H3,(H,11,12);/q;;;+2/p-2. The largest absolute Gasteiger partial charge is 2.00 e. The Morgan fingerprint density at radius 1 is 0.528 bits per heavy atom. The molecule has 0 aromatic heterocycles. The maximum Gasteiger partial charge on any atom is 2.00 e. The van der Waals surface area contributed by atoms with Gasteiger partial charge >= 0.3 is 20.4 Å². The average molecular weight is 817 g/mol. The van der Waals surface area contributed by atoms with Crippen molar-refractivity contribution < 1.29 is 60.7 Å². The van der Waals surface area contributed by atoms with Gasteiger partial charge in [0.25, 0.3) is 0 Å². The number of carbonyl (C=O) groups is 2. The quantitative estimate of drug-likeness (QED) is 0.0402. The number of hydrogen-bond acceptors (Lipinski definition) is 10. The van der Waals surface area contributed by atoms with Crippen molar-refractivity contribution >= 4 is 34.7 Å². The molecule has 0 fully saturated rings. The number of unbranched alkanes of at least 4 members (excludes halogenated alkanes) is 6. The first-order valence-corrected chi connectivity index (χ1v) is 17.6. The van der Waals surface area contributed by atoms with E-state index < -0.39 is 34.9 Å². The number of phenols is 4. The molecule has 4 rings (SSSR count). The summed E-state index contributed by atoms with van der Waals surface area (Å²) in [4.78, 5) is 30.9. The molecule has 0 aliphatic carbocycles. The van der Waals surface area contributed by atoms with Gasteiger partial charge in [-0.3, -0.25) is 9.98 Å². The van der Waals surface area contributed by atoms with Crippen LogP contribution in [0.4, 0.5) is 11.4 Å². The molecule has 0 unspecified atom stereocenters. The summed E-state index contributed by atoms with van der Waals surface area (Å²) in [5, 5.41) is 56.8. The molecule has 0 amide bonds. The molecule has 10 nitrogen and oxygen atoms in total. The molecule has 0 atom stereocenters. The number of aliphatic imine (C=N–C) groups is 2. The van der Waals surface area contributed by atoms with Gasteiger partial charge in [0.05, 0.1) is 34.7 Å². The molecular weight excluding hydrogens is 767 g/mol. The van der Waals surface area contributed by atoms with Crippen LogP contribution in [0, 0.1) is 13.8 Å². The van der Waals surface area contributed by atoms with E-state index in [0.29, 0.717) is 11.1 Å². The Balaban J connectivity index is 0.000000463. The van der Waals surface area contributed by atoms with Crippen LogP contribution < -0.4 is 10.2 Å². The number of hydrogen-bond donors (Lipinski definition) is 4. The topological polar surface area (TPSA) is 186 Å². The van der Waals surface area contributed by atoms with Crippen LogP contribution in [0.1, 0.15) is 110 Å². The third-order valence-corrected chi connectivity index (χ3v) is 8.05. The molecule has 0 bridgehead atoms. The van der Waals surface area contributed by atoms with Crippen molar-refractivity contribution in [2.75, 3.05) is 0 Å². The molecule has 0 aliphatic rings. The summed E-state index contributed by atoms with van der Waals surface area (Å²) in [6.45, 7) is 7.52. The fraction of sp³-hybridized carbons (Fsp3) is 0.333. The number of benzene rings is 4. The third kappa shape index (κ3) is 16.1. The Kier molecular flexibility index (Phi) is 21.8. The van der Waals surface area contributed by atoms with E-state index in [4.69, 9.17) is 30.4 Å². The van der Waals surface area contributed by atoms with Gasteiger partial charge in [0, 0.05) is 11.1 Å². The van der Waals surface area contributed by atoms with Crippen LogP contribution in [-0.2, 0) is 20.4 Å². The van der Waals surface area contributed by atoms with Crippen LogP contribution in [0.2, 0.25) is 0 Å². The van der Waals surface area contributed by atoms with Crippen LogP contribution in [0.25, 0.3) is 0 Å². The van der Waals surface area contributed by atoms with Gasteiger partial charge in [-0.2, -0.15) is 0 Å². The van der Waals surface area contributed by atoms with Crippen molar-refractivity contribution in [2.24, 2.45) is 9.98 Å². The Labute approximate surface area is 326 Å². The molecule has 0 saturated carbocycles. The van der Waals surface area contributed by atoms with Crippen LogP contribution in [0.3, 0.4) is 0 Å². The van der Waals surface area contributed by atoms with Crippen LogP contribution >= 0.6 is 0 Å². The molecule has 11 heteroatoms. The minimum atomic E-state index is -1.50. The van der Waals surface area contributed by atoms with Gasteiger partial charge in [0.1, 0.15) is 0 Å². The fourth-order valence-corrected chi connectivity index (χ4v) is 5.14. The normalized spacial score (nSPS) is 10.9. The average Bonchev–Trinajstić information content (AvgIpc) is 3.12. The van der Waals surface area contributed by atoms with Crippen LogP contribution in [0.5, 0.6) is 23.0 Å². The minimum Gasteiger partial charge on any atom is -0.545 e. The zero-order valence-corrected chi connectivity index (χ0v) is 32.3. The predicted octanol–water partition coefficient (Wildman–Crippen LogP) is 8.01. The number of aromatic carboxylic acids is 2. The van der Waals surface area contributed by atoms with Crippen molar-refractivity contribution in [3.05, 3.63) is 107 Å². The SMILES string of the molecule is CCCCCCCCC(=Nc1ccccc1)C(CCCC)=Nc1ccccc1.Cc1ccc(O)c(O)c1C(=O)[O-].Cc1ccc(O)c(O)c1C(=O)[O-].[Pd+2]. The van der Waals surface area contributed by atoms with E-state index in [1.165, 1.54) is 88.8 Å². The number of nitrogens with zero attached hydrogens (tertiary/aromatic N) is 2. The van der Waals surface area contributed by atoms with Crippen LogP contribution in [0.15, 0.2) is 94.9 Å². The van der Waals surface area contributed by atoms with Gasteiger partial charge in [-0.05, 0) is 87.1 Å². The van der Waals surface area contributed by atoms with Crippen molar-refractivity contribution in [2.45, 2.75) is 91.9 Å². The minimum absolute atomic E-state index is 0. The summed E-state index contributed by atoms with van der Waals surface area (Å²) in [6, 6.07) is 25.9.